The number of para-hydroxylation sites is 1. The van der Waals surface area contributed by atoms with Gasteiger partial charge in [0.05, 0.1) is 0 Å². The van der Waals surface area contributed by atoms with Gasteiger partial charge in [0.1, 0.15) is 6.04 Å². The lowest BCUT2D eigenvalue weighted by atomic mass is 10.1. The molecule has 6 nitrogen and oxygen atoms in total. The molecule has 8 heteroatoms. The molecular formula is C20H19Cl2N3O3. The van der Waals surface area contributed by atoms with E-state index < -0.39 is 17.9 Å². The first-order valence-electron chi connectivity index (χ1n) is 8.74. The molecule has 0 radical (unpaired) electrons. The zero-order chi connectivity index (χ0) is 20.4. The number of nitrogens with zero attached hydrogens (tertiary/aromatic N) is 1. The zero-order valence-corrected chi connectivity index (χ0v) is 16.8. The molecule has 0 aliphatic carbocycles. The quantitative estimate of drug-likeness (QED) is 0.746. The third kappa shape index (κ3) is 3.98. The van der Waals surface area contributed by atoms with E-state index >= 15 is 0 Å². The largest absolute Gasteiger partial charge is 0.344 e. The van der Waals surface area contributed by atoms with Crippen molar-refractivity contribution in [1.82, 2.24) is 10.6 Å². The maximum absolute atomic E-state index is 12.8. The van der Waals surface area contributed by atoms with Gasteiger partial charge < -0.3 is 15.5 Å². The van der Waals surface area contributed by atoms with Gasteiger partial charge in [-0.05, 0) is 37.6 Å². The summed E-state index contributed by atoms with van der Waals surface area (Å²) in [5.41, 5.74) is 2.03. The number of hydrogen-bond acceptors (Lipinski definition) is 3. The number of amides is 3. The molecule has 2 aromatic rings. The molecule has 2 N–H and O–H groups in total. The lowest BCUT2D eigenvalue weighted by Gasteiger charge is -2.22. The Morgan fingerprint density at radius 3 is 2.50 bits per heavy atom. The van der Waals surface area contributed by atoms with Crippen LogP contribution in [0.15, 0.2) is 42.5 Å². The van der Waals surface area contributed by atoms with Crippen molar-refractivity contribution in [2.24, 2.45) is 0 Å². The van der Waals surface area contributed by atoms with Crippen molar-refractivity contribution in [2.75, 3.05) is 4.90 Å². The van der Waals surface area contributed by atoms with E-state index in [0.29, 0.717) is 21.2 Å². The maximum atomic E-state index is 12.8. The average molecular weight is 420 g/mol. The van der Waals surface area contributed by atoms with Gasteiger partial charge in [-0.3, -0.25) is 14.4 Å². The molecule has 1 aliphatic rings. The fourth-order valence-electron chi connectivity index (χ4n) is 3.13. The van der Waals surface area contributed by atoms with Gasteiger partial charge in [0.15, 0.2) is 0 Å². The van der Waals surface area contributed by atoms with E-state index in [1.165, 1.54) is 0 Å². The monoisotopic (exact) mass is 419 g/mol. The van der Waals surface area contributed by atoms with Crippen LogP contribution < -0.4 is 15.5 Å². The SMILES string of the molecule is CC(C)N1C(=O)[C@@H](NC(=O)C(=O)NCc2ccc(Cl)cc2Cl)c2ccccc21. The van der Waals surface area contributed by atoms with Crippen LogP contribution in [-0.4, -0.2) is 23.8 Å². The number of hydrogen-bond donors (Lipinski definition) is 2. The highest BCUT2D eigenvalue weighted by molar-refractivity contribution is 6.36. The first-order chi connectivity index (χ1) is 13.3. The van der Waals surface area contributed by atoms with E-state index in [0.717, 1.165) is 5.69 Å². The molecule has 1 heterocycles. The summed E-state index contributed by atoms with van der Waals surface area (Å²) < 4.78 is 0. The fourth-order valence-corrected chi connectivity index (χ4v) is 3.61. The Morgan fingerprint density at radius 2 is 1.82 bits per heavy atom. The number of carbonyl (C=O) groups is 3. The van der Waals surface area contributed by atoms with Crippen LogP contribution >= 0.6 is 23.2 Å². The number of halogens is 2. The Morgan fingerprint density at radius 1 is 1.11 bits per heavy atom. The molecule has 2 aromatic carbocycles. The van der Waals surface area contributed by atoms with Crippen LogP contribution in [0.2, 0.25) is 10.0 Å². The van der Waals surface area contributed by atoms with Crippen molar-refractivity contribution >= 4 is 46.6 Å². The summed E-state index contributed by atoms with van der Waals surface area (Å²) in [6, 6.07) is 11.1. The van der Waals surface area contributed by atoms with Gasteiger partial charge in [-0.2, -0.15) is 0 Å². The first-order valence-corrected chi connectivity index (χ1v) is 9.49. The highest BCUT2D eigenvalue weighted by Gasteiger charge is 2.39. The van der Waals surface area contributed by atoms with Crippen LogP contribution in [0.3, 0.4) is 0 Å². The molecule has 0 saturated carbocycles. The van der Waals surface area contributed by atoms with Crippen LogP contribution in [0.5, 0.6) is 0 Å². The van der Waals surface area contributed by atoms with Gasteiger partial charge in [-0.15, -0.1) is 0 Å². The lowest BCUT2D eigenvalue weighted by Crippen LogP contribution is -2.45. The Kier molecular flexibility index (Phi) is 5.91. The predicted octanol–water partition coefficient (Wildman–Crippen LogP) is 3.22. The molecule has 0 aromatic heterocycles. The normalized spacial score (nSPS) is 15.5. The molecule has 0 unspecified atom stereocenters. The van der Waals surface area contributed by atoms with Gasteiger partial charge in [-0.25, -0.2) is 0 Å². The van der Waals surface area contributed by atoms with E-state index in [9.17, 15) is 14.4 Å². The van der Waals surface area contributed by atoms with Crippen LogP contribution in [0.1, 0.15) is 31.0 Å². The molecule has 3 rings (SSSR count). The third-order valence-electron chi connectivity index (χ3n) is 4.44. The van der Waals surface area contributed by atoms with Gasteiger partial charge in [0, 0.05) is 33.9 Å². The third-order valence-corrected chi connectivity index (χ3v) is 5.03. The molecule has 146 valence electrons. The summed E-state index contributed by atoms with van der Waals surface area (Å²) in [7, 11) is 0. The number of nitrogens with one attached hydrogen (secondary N) is 2. The molecule has 1 aliphatic heterocycles. The Bertz CT molecular complexity index is 946. The van der Waals surface area contributed by atoms with Crippen LogP contribution in [0.4, 0.5) is 5.69 Å². The van der Waals surface area contributed by atoms with Crippen molar-refractivity contribution in [3.8, 4) is 0 Å². The van der Waals surface area contributed by atoms with Crippen LogP contribution in [-0.2, 0) is 20.9 Å². The lowest BCUT2D eigenvalue weighted by molar-refractivity contribution is -0.140. The molecule has 0 bridgehead atoms. The molecule has 3 amide bonds. The summed E-state index contributed by atoms with van der Waals surface area (Å²) in [4.78, 5) is 38.9. The average Bonchev–Trinajstić information content (AvgIpc) is 2.92. The summed E-state index contributed by atoms with van der Waals surface area (Å²) in [5.74, 6) is -2.00. The molecule has 0 spiro atoms. The molecular weight excluding hydrogens is 401 g/mol. The van der Waals surface area contributed by atoms with E-state index in [4.69, 9.17) is 23.2 Å². The molecule has 1 atom stereocenters. The van der Waals surface area contributed by atoms with Crippen molar-refractivity contribution in [3.63, 3.8) is 0 Å². The Balaban J connectivity index is 1.68. The highest BCUT2D eigenvalue weighted by Crippen LogP contribution is 2.36. The van der Waals surface area contributed by atoms with Crippen LogP contribution in [0.25, 0.3) is 0 Å². The topological polar surface area (TPSA) is 78.5 Å². The number of fused-ring (bicyclic) bond motifs is 1. The van der Waals surface area contributed by atoms with Gasteiger partial charge in [0.25, 0.3) is 5.91 Å². The van der Waals surface area contributed by atoms with Crippen LogP contribution in [0, 0.1) is 0 Å². The number of benzene rings is 2. The van der Waals surface area contributed by atoms with E-state index in [1.54, 1.807) is 35.2 Å². The van der Waals surface area contributed by atoms with Crippen molar-refractivity contribution in [1.29, 1.82) is 0 Å². The van der Waals surface area contributed by atoms with Crippen molar-refractivity contribution in [3.05, 3.63) is 63.6 Å². The summed E-state index contributed by atoms with van der Waals surface area (Å²) >= 11 is 11.9. The standard InChI is InChI=1S/C20H19Cl2N3O3/c1-11(2)25-16-6-4-3-5-14(16)17(20(25)28)24-19(27)18(26)23-10-12-7-8-13(21)9-15(12)22/h3-9,11,17H,10H2,1-2H3,(H,23,26)(H,24,27)/t17-/m0/s1. The smallest absolute Gasteiger partial charge is 0.310 e. The van der Waals surface area contributed by atoms with Crippen molar-refractivity contribution < 1.29 is 14.4 Å². The maximum Gasteiger partial charge on any atom is 0.310 e. The van der Waals surface area contributed by atoms with Crippen molar-refractivity contribution in [2.45, 2.75) is 32.5 Å². The molecule has 28 heavy (non-hydrogen) atoms. The zero-order valence-electron chi connectivity index (χ0n) is 15.3. The number of rotatable bonds is 4. The van der Waals surface area contributed by atoms with Gasteiger partial charge in [0.2, 0.25) is 0 Å². The second-order valence-electron chi connectivity index (χ2n) is 6.69. The highest BCUT2D eigenvalue weighted by atomic mass is 35.5. The van der Waals surface area contributed by atoms with E-state index in [1.807, 2.05) is 26.0 Å². The molecule has 0 fully saturated rings. The van der Waals surface area contributed by atoms with Gasteiger partial charge >= 0.3 is 11.8 Å². The Hall–Kier alpha value is -2.57. The van der Waals surface area contributed by atoms with E-state index in [2.05, 4.69) is 10.6 Å². The second kappa shape index (κ2) is 8.20. The first kappa shape index (κ1) is 20.2. The number of anilines is 1. The van der Waals surface area contributed by atoms with E-state index in [-0.39, 0.29) is 18.5 Å². The molecule has 0 saturated heterocycles. The fraction of sp³-hybridized carbons (Fsp3) is 0.250. The van der Waals surface area contributed by atoms with Gasteiger partial charge in [-0.1, -0.05) is 47.5 Å². The number of carbonyl (C=O) groups excluding carboxylic acids is 3. The Labute approximate surface area is 172 Å². The minimum Gasteiger partial charge on any atom is -0.344 e. The summed E-state index contributed by atoms with van der Waals surface area (Å²) in [6.07, 6.45) is 0. The predicted molar refractivity (Wildman–Crippen MR) is 108 cm³/mol. The minimum atomic E-state index is -0.893. The second-order valence-corrected chi connectivity index (χ2v) is 7.53. The summed E-state index contributed by atoms with van der Waals surface area (Å²) in [5, 5.41) is 5.90. The minimum absolute atomic E-state index is 0.0651. The summed E-state index contributed by atoms with van der Waals surface area (Å²) in [6.45, 7) is 3.85.